The summed E-state index contributed by atoms with van der Waals surface area (Å²) in [4.78, 5) is 12.2. The highest BCUT2D eigenvalue weighted by Crippen LogP contribution is 2.18. The monoisotopic (exact) mass is 364 g/mol. The van der Waals surface area contributed by atoms with E-state index in [1.807, 2.05) is 19.2 Å². The van der Waals surface area contributed by atoms with Crippen LogP contribution in [-0.4, -0.2) is 36.4 Å². The van der Waals surface area contributed by atoms with Gasteiger partial charge in [-0.25, -0.2) is 0 Å². The maximum atomic E-state index is 12.2. The van der Waals surface area contributed by atoms with Crippen LogP contribution >= 0.6 is 11.3 Å². The van der Waals surface area contributed by atoms with Gasteiger partial charge in [0.15, 0.2) is 0 Å². The SMILES string of the molecule is Cc1noc(C)c1CO[C@@H]1CCOC[C@@H]1NC(=O)CCc1ccsc1. The molecule has 0 spiro atoms. The molecule has 1 saturated heterocycles. The quantitative estimate of drug-likeness (QED) is 0.818. The Labute approximate surface area is 151 Å². The van der Waals surface area contributed by atoms with Crippen molar-refractivity contribution < 1.29 is 18.8 Å². The van der Waals surface area contributed by atoms with Crippen LogP contribution in [0.25, 0.3) is 0 Å². The van der Waals surface area contributed by atoms with Crippen LogP contribution in [0.5, 0.6) is 0 Å². The van der Waals surface area contributed by atoms with Gasteiger partial charge in [-0.15, -0.1) is 0 Å². The number of amides is 1. The largest absolute Gasteiger partial charge is 0.379 e. The Morgan fingerprint density at radius 2 is 2.36 bits per heavy atom. The highest BCUT2D eigenvalue weighted by atomic mass is 32.1. The minimum atomic E-state index is -0.121. The minimum Gasteiger partial charge on any atom is -0.379 e. The van der Waals surface area contributed by atoms with E-state index in [4.69, 9.17) is 14.0 Å². The number of carbonyl (C=O) groups is 1. The first kappa shape index (κ1) is 18.1. The zero-order chi connectivity index (χ0) is 17.6. The molecule has 0 saturated carbocycles. The summed E-state index contributed by atoms with van der Waals surface area (Å²) >= 11 is 1.65. The Morgan fingerprint density at radius 1 is 1.48 bits per heavy atom. The van der Waals surface area contributed by atoms with Crippen molar-refractivity contribution in [2.45, 2.75) is 51.9 Å². The van der Waals surface area contributed by atoms with Gasteiger partial charge in [0.05, 0.1) is 31.1 Å². The molecule has 6 nitrogen and oxygen atoms in total. The molecule has 1 amide bonds. The zero-order valence-electron chi connectivity index (χ0n) is 14.6. The number of nitrogens with zero attached hydrogens (tertiary/aromatic N) is 1. The second-order valence-corrected chi connectivity index (χ2v) is 7.10. The van der Waals surface area contributed by atoms with Crippen LogP contribution in [-0.2, 0) is 27.3 Å². The fourth-order valence-corrected chi connectivity index (χ4v) is 3.63. The van der Waals surface area contributed by atoms with E-state index in [9.17, 15) is 4.79 Å². The molecule has 3 heterocycles. The van der Waals surface area contributed by atoms with Gasteiger partial charge >= 0.3 is 0 Å². The minimum absolute atomic E-state index is 0.0349. The Bertz CT molecular complexity index is 664. The van der Waals surface area contributed by atoms with E-state index in [1.54, 1.807) is 11.3 Å². The van der Waals surface area contributed by atoms with Gasteiger partial charge in [0, 0.05) is 18.6 Å². The molecule has 2 aromatic heterocycles. The fourth-order valence-electron chi connectivity index (χ4n) is 2.92. The molecule has 0 aliphatic carbocycles. The summed E-state index contributed by atoms with van der Waals surface area (Å²) in [6.07, 6.45) is 1.93. The highest BCUT2D eigenvalue weighted by molar-refractivity contribution is 7.07. The molecule has 136 valence electrons. The predicted molar refractivity (Wildman–Crippen MR) is 94.6 cm³/mol. The second-order valence-electron chi connectivity index (χ2n) is 6.32. The van der Waals surface area contributed by atoms with E-state index in [-0.39, 0.29) is 18.1 Å². The van der Waals surface area contributed by atoms with Crippen molar-refractivity contribution in [3.8, 4) is 0 Å². The third kappa shape index (κ3) is 4.90. The van der Waals surface area contributed by atoms with Crippen LogP contribution in [0.2, 0.25) is 0 Å². The Kier molecular flexibility index (Phi) is 6.23. The molecule has 3 rings (SSSR count). The van der Waals surface area contributed by atoms with Gasteiger partial charge in [0.2, 0.25) is 5.91 Å². The first-order chi connectivity index (χ1) is 12.1. The number of carbonyl (C=O) groups excluding carboxylic acids is 1. The second kappa shape index (κ2) is 8.60. The molecule has 0 bridgehead atoms. The van der Waals surface area contributed by atoms with Gasteiger partial charge in [-0.05, 0) is 49.1 Å². The average Bonchev–Trinajstić information content (AvgIpc) is 3.23. The van der Waals surface area contributed by atoms with Crippen LogP contribution in [0, 0.1) is 13.8 Å². The van der Waals surface area contributed by atoms with Crippen LogP contribution < -0.4 is 5.32 Å². The summed E-state index contributed by atoms with van der Waals surface area (Å²) in [6, 6.07) is 1.93. The van der Waals surface area contributed by atoms with Gasteiger partial charge in [-0.2, -0.15) is 11.3 Å². The lowest BCUT2D eigenvalue weighted by Crippen LogP contribution is -2.50. The molecule has 7 heteroatoms. The van der Waals surface area contributed by atoms with E-state index >= 15 is 0 Å². The smallest absolute Gasteiger partial charge is 0.220 e. The van der Waals surface area contributed by atoms with E-state index in [1.165, 1.54) is 5.56 Å². The van der Waals surface area contributed by atoms with Crippen molar-refractivity contribution in [1.29, 1.82) is 0 Å². The fraction of sp³-hybridized carbons (Fsp3) is 0.556. The summed E-state index contributed by atoms with van der Waals surface area (Å²) in [5.74, 6) is 0.813. The highest BCUT2D eigenvalue weighted by Gasteiger charge is 2.28. The third-order valence-corrected chi connectivity index (χ3v) is 5.22. The predicted octanol–water partition coefficient (Wildman–Crippen LogP) is 2.78. The molecule has 0 radical (unpaired) electrons. The maximum absolute atomic E-state index is 12.2. The lowest BCUT2D eigenvalue weighted by Gasteiger charge is -2.32. The molecule has 0 unspecified atom stereocenters. The molecule has 2 atom stereocenters. The molecular weight excluding hydrogens is 340 g/mol. The first-order valence-electron chi connectivity index (χ1n) is 8.55. The summed E-state index contributed by atoms with van der Waals surface area (Å²) in [5, 5.41) is 11.1. The van der Waals surface area contributed by atoms with E-state index in [2.05, 4.69) is 21.9 Å². The Balaban J connectivity index is 1.50. The normalized spacial score (nSPS) is 20.6. The molecule has 1 fully saturated rings. The van der Waals surface area contributed by atoms with Gasteiger partial charge < -0.3 is 19.3 Å². The van der Waals surface area contributed by atoms with Gasteiger partial charge in [-0.1, -0.05) is 5.16 Å². The van der Waals surface area contributed by atoms with Crippen LogP contribution in [0.15, 0.2) is 21.3 Å². The Hall–Kier alpha value is -1.70. The van der Waals surface area contributed by atoms with Crippen LogP contribution in [0.1, 0.15) is 35.4 Å². The Morgan fingerprint density at radius 3 is 3.08 bits per heavy atom. The van der Waals surface area contributed by atoms with Crippen molar-refractivity contribution in [2.24, 2.45) is 0 Å². The topological polar surface area (TPSA) is 73.6 Å². The maximum Gasteiger partial charge on any atom is 0.220 e. The summed E-state index contributed by atoms with van der Waals surface area (Å²) in [7, 11) is 0. The van der Waals surface area contributed by atoms with E-state index < -0.39 is 0 Å². The average molecular weight is 364 g/mol. The molecular formula is C18H24N2O4S. The number of hydrogen-bond acceptors (Lipinski definition) is 6. The zero-order valence-corrected chi connectivity index (χ0v) is 15.4. The number of hydrogen-bond donors (Lipinski definition) is 1. The van der Waals surface area contributed by atoms with Crippen molar-refractivity contribution in [3.05, 3.63) is 39.4 Å². The third-order valence-electron chi connectivity index (χ3n) is 4.48. The lowest BCUT2D eigenvalue weighted by atomic mass is 10.1. The standard InChI is InChI=1S/C18H24N2O4S/c1-12-15(13(2)24-20-12)9-23-17-5-7-22-10-16(17)19-18(21)4-3-14-6-8-25-11-14/h6,8,11,16-17H,3-5,7,9-10H2,1-2H3,(H,19,21)/t16-,17+/m0/s1. The number of aromatic nitrogens is 1. The summed E-state index contributed by atoms with van der Waals surface area (Å²) in [5.41, 5.74) is 3.03. The van der Waals surface area contributed by atoms with Gasteiger partial charge in [-0.3, -0.25) is 4.79 Å². The van der Waals surface area contributed by atoms with Crippen LogP contribution in [0.3, 0.4) is 0 Å². The number of aryl methyl sites for hydroxylation is 3. The van der Waals surface area contributed by atoms with Gasteiger partial charge in [0.25, 0.3) is 0 Å². The number of rotatable bonds is 7. The number of ether oxygens (including phenoxy) is 2. The number of thiophene rings is 1. The van der Waals surface area contributed by atoms with Crippen molar-refractivity contribution >= 4 is 17.2 Å². The molecule has 0 aromatic carbocycles. The summed E-state index contributed by atoms with van der Waals surface area (Å²) < 4.78 is 16.8. The van der Waals surface area contributed by atoms with Crippen molar-refractivity contribution in [1.82, 2.24) is 10.5 Å². The molecule has 1 aliphatic rings. The van der Waals surface area contributed by atoms with E-state index in [0.717, 1.165) is 29.9 Å². The summed E-state index contributed by atoms with van der Waals surface area (Å²) in [6.45, 7) is 5.35. The van der Waals surface area contributed by atoms with Crippen molar-refractivity contribution in [2.75, 3.05) is 13.2 Å². The van der Waals surface area contributed by atoms with E-state index in [0.29, 0.717) is 26.2 Å². The molecule has 25 heavy (non-hydrogen) atoms. The van der Waals surface area contributed by atoms with Crippen LogP contribution in [0.4, 0.5) is 0 Å². The molecule has 2 aromatic rings. The van der Waals surface area contributed by atoms with Crippen molar-refractivity contribution in [3.63, 3.8) is 0 Å². The first-order valence-corrected chi connectivity index (χ1v) is 9.49. The van der Waals surface area contributed by atoms with Gasteiger partial charge in [0.1, 0.15) is 5.76 Å². The lowest BCUT2D eigenvalue weighted by molar-refractivity contribution is -0.126. The number of nitrogens with one attached hydrogen (secondary N) is 1. The molecule has 1 aliphatic heterocycles. The molecule has 1 N–H and O–H groups in total.